The predicted molar refractivity (Wildman–Crippen MR) is 95.7 cm³/mol. The van der Waals surface area contributed by atoms with E-state index in [4.69, 9.17) is 9.40 Å². The van der Waals surface area contributed by atoms with Gasteiger partial charge in [0, 0.05) is 29.8 Å². The summed E-state index contributed by atoms with van der Waals surface area (Å²) in [5, 5.41) is 3.35. The Kier molecular flexibility index (Phi) is 3.00. The van der Waals surface area contributed by atoms with Crippen molar-refractivity contribution in [1.29, 1.82) is 0 Å². The molecule has 5 rings (SSSR count). The minimum absolute atomic E-state index is 0.689. The standard InChI is InChI=1S/C19H13N5O/c1-2-4-13(5-3-1)16-11-24-9-8-20-19(24)18(23-16)22-14-6-7-17-15(10-14)21-12-25-17/h1-12H,(H,22,23). The SMILES string of the molecule is c1ccc(-c2cn3ccnc3c(Nc3ccc4ocnc4c3)n2)cc1. The summed E-state index contributed by atoms with van der Waals surface area (Å²) in [7, 11) is 0. The van der Waals surface area contributed by atoms with E-state index in [-0.39, 0.29) is 0 Å². The van der Waals surface area contributed by atoms with Gasteiger partial charge >= 0.3 is 0 Å². The van der Waals surface area contributed by atoms with Crippen LogP contribution in [0.4, 0.5) is 11.5 Å². The molecule has 0 saturated heterocycles. The largest absolute Gasteiger partial charge is 0.443 e. The number of nitrogens with one attached hydrogen (secondary N) is 1. The molecule has 6 nitrogen and oxygen atoms in total. The highest BCUT2D eigenvalue weighted by atomic mass is 16.3. The van der Waals surface area contributed by atoms with Gasteiger partial charge in [0.1, 0.15) is 5.52 Å². The van der Waals surface area contributed by atoms with E-state index in [1.807, 2.05) is 65.3 Å². The van der Waals surface area contributed by atoms with E-state index < -0.39 is 0 Å². The van der Waals surface area contributed by atoms with Crippen LogP contribution in [-0.2, 0) is 0 Å². The van der Waals surface area contributed by atoms with Crippen molar-refractivity contribution in [3.05, 3.63) is 73.5 Å². The minimum atomic E-state index is 0.689. The summed E-state index contributed by atoms with van der Waals surface area (Å²) >= 11 is 0. The van der Waals surface area contributed by atoms with E-state index >= 15 is 0 Å². The van der Waals surface area contributed by atoms with E-state index in [0.29, 0.717) is 5.82 Å². The Morgan fingerprint density at radius 3 is 2.84 bits per heavy atom. The number of oxazole rings is 1. The number of anilines is 2. The molecule has 0 bridgehead atoms. The average molecular weight is 327 g/mol. The Labute approximate surface area is 142 Å². The van der Waals surface area contributed by atoms with Crippen molar-refractivity contribution >= 4 is 28.3 Å². The van der Waals surface area contributed by atoms with E-state index in [2.05, 4.69) is 15.3 Å². The summed E-state index contributed by atoms with van der Waals surface area (Å²) in [6.07, 6.45) is 7.09. The third kappa shape index (κ3) is 2.40. The predicted octanol–water partition coefficient (Wildman–Crippen LogP) is 4.28. The topological polar surface area (TPSA) is 68.2 Å². The van der Waals surface area contributed by atoms with Gasteiger partial charge in [0.15, 0.2) is 23.4 Å². The molecule has 1 N–H and O–H groups in total. The first kappa shape index (κ1) is 13.7. The molecule has 6 heteroatoms. The number of nitrogens with zero attached hydrogens (tertiary/aromatic N) is 4. The van der Waals surface area contributed by atoms with Crippen LogP contribution < -0.4 is 5.32 Å². The van der Waals surface area contributed by atoms with E-state index in [1.165, 1.54) is 6.39 Å². The van der Waals surface area contributed by atoms with E-state index in [9.17, 15) is 0 Å². The molecule has 2 aromatic carbocycles. The van der Waals surface area contributed by atoms with Crippen molar-refractivity contribution < 1.29 is 4.42 Å². The Balaban J connectivity index is 1.62. The number of hydrogen-bond acceptors (Lipinski definition) is 5. The number of aromatic nitrogens is 4. The maximum atomic E-state index is 5.29. The van der Waals surface area contributed by atoms with Crippen LogP contribution in [0, 0.1) is 0 Å². The van der Waals surface area contributed by atoms with Crippen molar-refractivity contribution in [2.45, 2.75) is 0 Å². The molecule has 0 radical (unpaired) electrons. The minimum Gasteiger partial charge on any atom is -0.443 e. The summed E-state index contributed by atoms with van der Waals surface area (Å²) in [4.78, 5) is 13.4. The lowest BCUT2D eigenvalue weighted by molar-refractivity contribution is 0.602. The van der Waals surface area contributed by atoms with E-state index in [1.54, 1.807) is 6.20 Å². The summed E-state index contributed by atoms with van der Waals surface area (Å²) in [6, 6.07) is 15.8. The molecule has 0 fully saturated rings. The molecule has 0 spiro atoms. The molecule has 0 saturated carbocycles. The number of imidazole rings is 1. The lowest BCUT2D eigenvalue weighted by atomic mass is 10.2. The number of benzene rings is 2. The van der Waals surface area contributed by atoms with Gasteiger partial charge in [0.05, 0.1) is 5.69 Å². The molecule has 120 valence electrons. The van der Waals surface area contributed by atoms with Crippen LogP contribution in [0.3, 0.4) is 0 Å². The van der Waals surface area contributed by atoms with E-state index in [0.717, 1.165) is 33.7 Å². The van der Waals surface area contributed by atoms with Crippen LogP contribution in [0.1, 0.15) is 0 Å². The Morgan fingerprint density at radius 1 is 1.00 bits per heavy atom. The van der Waals surface area contributed by atoms with Gasteiger partial charge in [-0.3, -0.25) is 0 Å². The Bertz CT molecular complexity index is 1180. The van der Waals surface area contributed by atoms with Crippen molar-refractivity contribution in [2.24, 2.45) is 0 Å². The van der Waals surface area contributed by atoms with Crippen molar-refractivity contribution in [3.8, 4) is 11.3 Å². The molecular formula is C19H13N5O. The maximum Gasteiger partial charge on any atom is 0.181 e. The zero-order chi connectivity index (χ0) is 16.6. The van der Waals surface area contributed by atoms with Crippen LogP contribution in [0.5, 0.6) is 0 Å². The summed E-state index contributed by atoms with van der Waals surface area (Å²) in [6.45, 7) is 0. The molecule has 0 unspecified atom stereocenters. The number of rotatable bonds is 3. The number of hydrogen-bond donors (Lipinski definition) is 1. The molecule has 0 atom stereocenters. The second kappa shape index (κ2) is 5.45. The van der Waals surface area contributed by atoms with Crippen molar-refractivity contribution in [2.75, 3.05) is 5.32 Å². The van der Waals surface area contributed by atoms with Crippen LogP contribution in [0.15, 0.2) is 77.9 Å². The lowest BCUT2D eigenvalue weighted by Crippen LogP contribution is -2.00. The van der Waals surface area contributed by atoms with Crippen LogP contribution in [-0.4, -0.2) is 19.4 Å². The molecule has 0 aliphatic heterocycles. The zero-order valence-electron chi connectivity index (χ0n) is 13.1. The Hall–Kier alpha value is -3.67. The highest BCUT2D eigenvalue weighted by Crippen LogP contribution is 2.26. The molecular weight excluding hydrogens is 314 g/mol. The van der Waals surface area contributed by atoms with Crippen LogP contribution in [0.2, 0.25) is 0 Å². The van der Waals surface area contributed by atoms with Crippen molar-refractivity contribution in [1.82, 2.24) is 19.4 Å². The first-order valence-corrected chi connectivity index (χ1v) is 7.86. The molecule has 25 heavy (non-hydrogen) atoms. The second-order valence-electron chi connectivity index (χ2n) is 5.66. The smallest absolute Gasteiger partial charge is 0.181 e. The monoisotopic (exact) mass is 327 g/mol. The van der Waals surface area contributed by atoms with Crippen molar-refractivity contribution in [3.63, 3.8) is 0 Å². The Morgan fingerprint density at radius 2 is 1.92 bits per heavy atom. The first-order valence-electron chi connectivity index (χ1n) is 7.86. The summed E-state index contributed by atoms with van der Waals surface area (Å²) in [5.74, 6) is 0.689. The lowest BCUT2D eigenvalue weighted by Gasteiger charge is -2.10. The summed E-state index contributed by atoms with van der Waals surface area (Å²) < 4.78 is 7.25. The maximum absolute atomic E-state index is 5.29. The van der Waals surface area contributed by atoms with Gasteiger partial charge in [-0.15, -0.1) is 0 Å². The molecule has 0 amide bonds. The van der Waals surface area contributed by atoms with Gasteiger partial charge < -0.3 is 14.1 Å². The molecule has 3 heterocycles. The molecule has 0 aliphatic rings. The number of fused-ring (bicyclic) bond motifs is 2. The molecule has 0 aliphatic carbocycles. The third-order valence-corrected chi connectivity index (χ3v) is 4.04. The third-order valence-electron chi connectivity index (χ3n) is 4.04. The average Bonchev–Trinajstić information content (AvgIpc) is 3.31. The highest BCUT2D eigenvalue weighted by Gasteiger charge is 2.10. The van der Waals surface area contributed by atoms with Crippen LogP contribution >= 0.6 is 0 Å². The first-order chi connectivity index (χ1) is 12.4. The van der Waals surface area contributed by atoms with Gasteiger partial charge in [0.25, 0.3) is 0 Å². The van der Waals surface area contributed by atoms with Gasteiger partial charge in [-0.2, -0.15) is 0 Å². The second-order valence-corrected chi connectivity index (χ2v) is 5.66. The zero-order valence-corrected chi connectivity index (χ0v) is 13.1. The fourth-order valence-electron chi connectivity index (χ4n) is 2.84. The van der Waals surface area contributed by atoms with Crippen LogP contribution in [0.25, 0.3) is 28.0 Å². The quantitative estimate of drug-likeness (QED) is 0.535. The fraction of sp³-hybridized carbons (Fsp3) is 0. The van der Waals surface area contributed by atoms with Gasteiger partial charge in [-0.25, -0.2) is 15.0 Å². The molecule has 3 aromatic heterocycles. The fourth-order valence-corrected chi connectivity index (χ4v) is 2.84. The normalized spacial score (nSPS) is 11.2. The van der Waals surface area contributed by atoms with Gasteiger partial charge in [0.2, 0.25) is 0 Å². The highest BCUT2D eigenvalue weighted by molar-refractivity contribution is 5.80. The molecule has 5 aromatic rings. The summed E-state index contributed by atoms with van der Waals surface area (Å²) in [5.41, 5.74) is 5.11. The van der Waals surface area contributed by atoms with Gasteiger partial charge in [-0.1, -0.05) is 30.3 Å². The van der Waals surface area contributed by atoms with Gasteiger partial charge in [-0.05, 0) is 18.2 Å².